The van der Waals surface area contributed by atoms with Gasteiger partial charge in [-0.05, 0) is 80.8 Å². The van der Waals surface area contributed by atoms with Crippen LogP contribution >= 0.6 is 11.6 Å². The van der Waals surface area contributed by atoms with E-state index in [9.17, 15) is 28.8 Å². The molecule has 4 rings (SSSR count). The number of likely N-dealkylation sites (N-methyl/N-ethyl adjacent to an activating group) is 1. The van der Waals surface area contributed by atoms with Crippen LogP contribution in [0.25, 0.3) is 11.1 Å². The summed E-state index contributed by atoms with van der Waals surface area (Å²) in [4.78, 5) is 77.6. The Kier molecular flexibility index (Phi) is 25.5. The van der Waals surface area contributed by atoms with Crippen molar-refractivity contribution in [1.29, 1.82) is 5.26 Å². The number of halogens is 1. The van der Waals surface area contributed by atoms with Crippen molar-refractivity contribution >= 4 is 47.4 Å². The number of hydrogen-bond donors (Lipinski definition) is 7. The highest BCUT2D eigenvalue weighted by Crippen LogP contribution is 2.40. The third-order valence-electron chi connectivity index (χ3n) is 9.82. The van der Waals surface area contributed by atoms with Crippen molar-refractivity contribution in [2.75, 3.05) is 53.0 Å². The molecule has 354 valence electrons. The Hall–Kier alpha value is -6.06. The van der Waals surface area contributed by atoms with Crippen molar-refractivity contribution in [2.45, 2.75) is 90.8 Å². The molecule has 0 spiro atoms. The standard InChI is InChI=1S/C42H55ClN6O7.C3H4N2O.C2H7N/c1-5-6-7-8-9-10-35(50)29-12-14-31(34(43)24-29)41(53)46-25-38(51)49(4)39-30-13-16-37(56-20-18-45)33(23-30)32-22-28(11-15-36(32)55-19-17-44)21-26(2)47-40(52)27(3)48-42(39)54;4-1-2-5-3-6;1-2-3/h11-16,22-24,26-27,39H,5-10,17-21,25,44-45H2,1-4H3,(H,46,53)(H,47,52)(H,48,54);3H,2H2,(H,5,6);2-3H2,1H3/t26?,27-,39?;;/m0../s1. The van der Waals surface area contributed by atoms with Crippen molar-refractivity contribution in [2.24, 2.45) is 17.2 Å². The Labute approximate surface area is 387 Å². The van der Waals surface area contributed by atoms with Gasteiger partial charge in [0.25, 0.3) is 5.91 Å². The van der Waals surface area contributed by atoms with Gasteiger partial charge in [-0.15, -0.1) is 0 Å². The van der Waals surface area contributed by atoms with Gasteiger partial charge in [0.2, 0.25) is 24.1 Å². The Balaban J connectivity index is 0.00000147. The molecule has 0 saturated carbocycles. The van der Waals surface area contributed by atoms with E-state index in [1.165, 1.54) is 24.1 Å². The fourth-order valence-electron chi connectivity index (χ4n) is 6.63. The van der Waals surface area contributed by atoms with Gasteiger partial charge in [-0.1, -0.05) is 69.3 Å². The summed E-state index contributed by atoms with van der Waals surface area (Å²) in [6.45, 7) is 8.84. The molecule has 5 amide bonds. The Morgan fingerprint density at radius 1 is 0.892 bits per heavy atom. The van der Waals surface area contributed by atoms with Crippen LogP contribution in [0.4, 0.5) is 0 Å². The Bertz CT molecular complexity index is 2080. The van der Waals surface area contributed by atoms with E-state index in [0.717, 1.165) is 44.2 Å². The number of unbranched alkanes of at least 4 members (excludes halogenated alkanes) is 4. The maximum absolute atomic E-state index is 14.1. The minimum atomic E-state index is -1.25. The van der Waals surface area contributed by atoms with Gasteiger partial charge in [-0.3, -0.25) is 28.8 Å². The molecule has 3 atom stereocenters. The number of nitrogens with one attached hydrogen (secondary N) is 4. The predicted octanol–water partition coefficient (Wildman–Crippen LogP) is 3.94. The van der Waals surface area contributed by atoms with Crippen molar-refractivity contribution < 1.29 is 38.2 Å². The lowest BCUT2D eigenvalue weighted by molar-refractivity contribution is -0.139. The average molecular weight is 921 g/mol. The van der Waals surface area contributed by atoms with Gasteiger partial charge < -0.3 is 52.8 Å². The Morgan fingerprint density at radius 3 is 2.11 bits per heavy atom. The molecule has 65 heavy (non-hydrogen) atoms. The normalized spacial score (nSPS) is 15.4. The fourth-order valence-corrected chi connectivity index (χ4v) is 6.89. The monoisotopic (exact) mass is 919 g/mol. The second kappa shape index (κ2) is 30.1. The van der Waals surface area contributed by atoms with Crippen molar-refractivity contribution in [3.05, 3.63) is 81.9 Å². The van der Waals surface area contributed by atoms with Crippen LogP contribution in [0.5, 0.6) is 11.5 Å². The molecule has 0 aliphatic carbocycles. The van der Waals surface area contributed by atoms with Crippen molar-refractivity contribution in [3.8, 4) is 28.7 Å². The van der Waals surface area contributed by atoms with Gasteiger partial charge in [0.05, 0.1) is 23.2 Å². The highest BCUT2D eigenvalue weighted by atomic mass is 35.5. The summed E-state index contributed by atoms with van der Waals surface area (Å²) in [5, 5.41) is 18.3. The molecule has 0 radical (unpaired) electrons. The lowest BCUT2D eigenvalue weighted by atomic mass is 9.94. The van der Waals surface area contributed by atoms with E-state index in [-0.39, 0.29) is 55.3 Å². The molecule has 1 heterocycles. The molecular weight excluding hydrogens is 854 g/mol. The average Bonchev–Trinajstić information content (AvgIpc) is 3.28. The van der Waals surface area contributed by atoms with Gasteiger partial charge in [-0.25, -0.2) is 0 Å². The number of carbonyl (C=O) groups excluding carboxylic acids is 6. The number of hydrogen-bond acceptors (Lipinski definition) is 12. The first-order valence-corrected chi connectivity index (χ1v) is 22.2. The summed E-state index contributed by atoms with van der Waals surface area (Å²) in [6.07, 6.45) is 6.46. The number of nitrogens with zero attached hydrogens (tertiary/aromatic N) is 2. The van der Waals surface area contributed by atoms with Crippen LogP contribution in [0, 0.1) is 11.3 Å². The second-order valence-electron chi connectivity index (χ2n) is 15.1. The molecular formula is C47H66ClN9O8. The number of carbonyl (C=O) groups is 6. The quantitative estimate of drug-likeness (QED) is 0.0390. The van der Waals surface area contributed by atoms with Crippen LogP contribution in [0.15, 0.2) is 54.6 Å². The summed E-state index contributed by atoms with van der Waals surface area (Å²) in [7, 11) is 1.44. The maximum Gasteiger partial charge on any atom is 0.253 e. The molecule has 0 aromatic heterocycles. The van der Waals surface area contributed by atoms with Gasteiger partial charge in [0.1, 0.15) is 43.3 Å². The maximum atomic E-state index is 14.1. The summed E-state index contributed by atoms with van der Waals surface area (Å²) < 4.78 is 12.1. The van der Waals surface area contributed by atoms with Crippen molar-refractivity contribution in [3.63, 3.8) is 0 Å². The van der Waals surface area contributed by atoms with Crippen LogP contribution in [0.3, 0.4) is 0 Å². The molecule has 3 aromatic carbocycles. The third-order valence-corrected chi connectivity index (χ3v) is 10.1. The van der Waals surface area contributed by atoms with E-state index >= 15 is 0 Å². The molecule has 17 nitrogen and oxygen atoms in total. The highest BCUT2D eigenvalue weighted by molar-refractivity contribution is 6.34. The highest BCUT2D eigenvalue weighted by Gasteiger charge is 2.32. The van der Waals surface area contributed by atoms with E-state index in [4.69, 9.17) is 43.5 Å². The zero-order valence-corrected chi connectivity index (χ0v) is 38.9. The van der Waals surface area contributed by atoms with E-state index in [1.807, 2.05) is 32.0 Å². The molecule has 18 heteroatoms. The van der Waals surface area contributed by atoms with Crippen molar-refractivity contribution in [1.82, 2.24) is 26.2 Å². The number of rotatable bonds is 19. The lowest BCUT2D eigenvalue weighted by Crippen LogP contribution is -2.52. The number of nitriles is 1. The van der Waals surface area contributed by atoms with Gasteiger partial charge in [0, 0.05) is 49.3 Å². The largest absolute Gasteiger partial charge is 0.492 e. The number of amides is 5. The second-order valence-corrected chi connectivity index (χ2v) is 15.5. The lowest BCUT2D eigenvalue weighted by Gasteiger charge is -2.30. The number of Topliss-reactive ketones (excluding diaryl/α,β-unsaturated/α-hetero) is 1. The van der Waals surface area contributed by atoms with Crippen LogP contribution in [0.2, 0.25) is 5.02 Å². The zero-order valence-electron chi connectivity index (χ0n) is 38.2. The summed E-state index contributed by atoms with van der Waals surface area (Å²) in [5.41, 5.74) is 19.5. The molecule has 10 N–H and O–H groups in total. The third kappa shape index (κ3) is 18.2. The predicted molar refractivity (Wildman–Crippen MR) is 251 cm³/mol. The number of ketones is 1. The number of fused-ring (bicyclic) bond motifs is 5. The molecule has 1 aliphatic heterocycles. The van der Waals surface area contributed by atoms with E-state index in [1.54, 1.807) is 37.3 Å². The smallest absolute Gasteiger partial charge is 0.253 e. The zero-order chi connectivity index (χ0) is 48.3. The first-order chi connectivity index (χ1) is 31.2. The summed E-state index contributed by atoms with van der Waals surface area (Å²) in [5.74, 6) is -1.29. The minimum Gasteiger partial charge on any atom is -0.492 e. The van der Waals surface area contributed by atoms with Crippen LogP contribution in [-0.2, 0) is 25.6 Å². The summed E-state index contributed by atoms with van der Waals surface area (Å²) in [6, 6.07) is 14.6. The first-order valence-electron chi connectivity index (χ1n) is 21.9. The van der Waals surface area contributed by atoms with Crippen LogP contribution < -0.4 is 47.9 Å². The van der Waals surface area contributed by atoms with Gasteiger partial charge in [0.15, 0.2) is 5.78 Å². The van der Waals surface area contributed by atoms with Gasteiger partial charge in [-0.2, -0.15) is 5.26 Å². The summed E-state index contributed by atoms with van der Waals surface area (Å²) >= 11 is 6.45. The van der Waals surface area contributed by atoms with E-state index < -0.39 is 42.3 Å². The van der Waals surface area contributed by atoms with Crippen LogP contribution in [-0.4, -0.2) is 106 Å². The SMILES string of the molecule is CCCCCCCC(=O)c1ccc(C(=O)NCC(=O)N(C)C2C(=O)N[C@@H](C)C(=O)NC(C)Cc3ccc(OCCN)c(c3)-c3cc2ccc3OCCN)c(Cl)c1.CCN.N#CCNC=O. The fraction of sp³-hybridized carbons (Fsp3) is 0.468. The molecule has 3 aromatic rings. The number of benzene rings is 3. The molecule has 4 bridgehead atoms. The number of ether oxygens (including phenoxy) is 2. The topological polar surface area (TPSA) is 274 Å². The molecule has 1 aliphatic rings. The van der Waals surface area contributed by atoms with Crippen LogP contribution in [0.1, 0.15) is 104 Å². The Morgan fingerprint density at radius 2 is 1.52 bits per heavy atom. The van der Waals surface area contributed by atoms with E-state index in [0.29, 0.717) is 53.0 Å². The molecule has 2 unspecified atom stereocenters. The van der Waals surface area contributed by atoms with Gasteiger partial charge >= 0.3 is 0 Å². The minimum absolute atomic E-state index is 0.0518. The first kappa shape index (κ1) is 55.1. The number of nitrogens with two attached hydrogens (primary N) is 3. The van der Waals surface area contributed by atoms with E-state index in [2.05, 4.69) is 28.2 Å². The molecule has 0 fully saturated rings. The molecule has 0 saturated heterocycles.